The van der Waals surface area contributed by atoms with Gasteiger partial charge in [0.05, 0.1) is 5.92 Å². The summed E-state index contributed by atoms with van der Waals surface area (Å²) >= 11 is 0. The standard InChI is InChI=1S/C12H25N3O/c1-9(2)15(4)6-5-14-12(16)11-8-13-7-10(11)3/h9-11,13H,5-8H2,1-4H3,(H,14,16). The molecule has 0 radical (unpaired) electrons. The predicted molar refractivity (Wildman–Crippen MR) is 66.3 cm³/mol. The van der Waals surface area contributed by atoms with Gasteiger partial charge in [-0.05, 0) is 33.4 Å². The van der Waals surface area contributed by atoms with Crippen molar-refractivity contribution in [1.82, 2.24) is 15.5 Å². The van der Waals surface area contributed by atoms with Gasteiger partial charge < -0.3 is 15.5 Å². The molecule has 1 amide bonds. The number of rotatable bonds is 5. The minimum Gasteiger partial charge on any atom is -0.355 e. The first kappa shape index (κ1) is 13.5. The van der Waals surface area contributed by atoms with Gasteiger partial charge >= 0.3 is 0 Å². The van der Waals surface area contributed by atoms with Gasteiger partial charge in [0.15, 0.2) is 0 Å². The molecule has 4 heteroatoms. The van der Waals surface area contributed by atoms with Gasteiger partial charge in [-0.1, -0.05) is 6.92 Å². The van der Waals surface area contributed by atoms with Gasteiger partial charge in [0.1, 0.15) is 0 Å². The van der Waals surface area contributed by atoms with Gasteiger partial charge in [-0.3, -0.25) is 4.79 Å². The Kier molecular flexibility index (Phi) is 5.22. The summed E-state index contributed by atoms with van der Waals surface area (Å²) in [7, 11) is 2.08. The van der Waals surface area contributed by atoms with Gasteiger partial charge in [-0.15, -0.1) is 0 Å². The average Bonchev–Trinajstić information content (AvgIpc) is 2.64. The van der Waals surface area contributed by atoms with Crippen molar-refractivity contribution in [1.29, 1.82) is 0 Å². The molecule has 1 heterocycles. The van der Waals surface area contributed by atoms with Crippen molar-refractivity contribution in [2.45, 2.75) is 26.8 Å². The van der Waals surface area contributed by atoms with E-state index in [1.807, 2.05) is 0 Å². The summed E-state index contributed by atoms with van der Waals surface area (Å²) in [4.78, 5) is 14.1. The van der Waals surface area contributed by atoms with E-state index in [4.69, 9.17) is 0 Å². The van der Waals surface area contributed by atoms with Crippen molar-refractivity contribution in [3.8, 4) is 0 Å². The normalized spacial score (nSPS) is 25.4. The lowest BCUT2D eigenvalue weighted by molar-refractivity contribution is -0.125. The number of likely N-dealkylation sites (N-methyl/N-ethyl adjacent to an activating group) is 1. The summed E-state index contributed by atoms with van der Waals surface area (Å²) in [6.07, 6.45) is 0. The highest BCUT2D eigenvalue weighted by Crippen LogP contribution is 2.15. The quantitative estimate of drug-likeness (QED) is 0.710. The fourth-order valence-electron chi connectivity index (χ4n) is 1.91. The first-order chi connectivity index (χ1) is 7.52. The van der Waals surface area contributed by atoms with Crippen LogP contribution in [0.1, 0.15) is 20.8 Å². The van der Waals surface area contributed by atoms with Crippen LogP contribution in [0.25, 0.3) is 0 Å². The third kappa shape index (κ3) is 3.76. The second-order valence-electron chi connectivity index (χ2n) is 5.11. The van der Waals surface area contributed by atoms with Gasteiger partial charge in [0.2, 0.25) is 5.91 Å². The molecule has 16 heavy (non-hydrogen) atoms. The fourth-order valence-corrected chi connectivity index (χ4v) is 1.91. The molecule has 2 N–H and O–H groups in total. The maximum Gasteiger partial charge on any atom is 0.224 e. The number of carbonyl (C=O) groups excluding carboxylic acids is 1. The van der Waals surface area contributed by atoms with Crippen molar-refractivity contribution in [2.75, 3.05) is 33.2 Å². The number of hydrogen-bond acceptors (Lipinski definition) is 3. The molecule has 1 rings (SSSR count). The molecular formula is C12H25N3O. The molecule has 0 spiro atoms. The third-order valence-electron chi connectivity index (χ3n) is 3.50. The molecule has 0 bridgehead atoms. The smallest absolute Gasteiger partial charge is 0.224 e. The van der Waals surface area contributed by atoms with Crippen LogP contribution in [0, 0.1) is 11.8 Å². The van der Waals surface area contributed by atoms with E-state index in [0.717, 1.165) is 26.2 Å². The Bertz CT molecular complexity index is 230. The van der Waals surface area contributed by atoms with Gasteiger partial charge in [-0.25, -0.2) is 0 Å². The molecule has 0 aromatic heterocycles. The Morgan fingerprint density at radius 3 is 2.69 bits per heavy atom. The molecule has 0 aliphatic carbocycles. The second-order valence-corrected chi connectivity index (χ2v) is 5.11. The van der Waals surface area contributed by atoms with E-state index in [0.29, 0.717) is 12.0 Å². The van der Waals surface area contributed by atoms with Crippen LogP contribution in [0.3, 0.4) is 0 Å². The maximum atomic E-state index is 11.8. The highest BCUT2D eigenvalue weighted by Gasteiger charge is 2.29. The monoisotopic (exact) mass is 227 g/mol. The van der Waals surface area contributed by atoms with Crippen LogP contribution >= 0.6 is 0 Å². The summed E-state index contributed by atoms with van der Waals surface area (Å²) in [6.45, 7) is 9.89. The Hall–Kier alpha value is -0.610. The van der Waals surface area contributed by atoms with Crippen molar-refractivity contribution in [3.05, 3.63) is 0 Å². The summed E-state index contributed by atoms with van der Waals surface area (Å²) < 4.78 is 0. The van der Waals surface area contributed by atoms with Crippen LogP contribution in [0.4, 0.5) is 0 Å². The number of carbonyl (C=O) groups is 1. The second kappa shape index (κ2) is 6.21. The Balaban J connectivity index is 2.20. The zero-order chi connectivity index (χ0) is 12.1. The molecule has 1 aliphatic heterocycles. The first-order valence-corrected chi connectivity index (χ1v) is 6.21. The number of nitrogens with one attached hydrogen (secondary N) is 2. The van der Waals surface area contributed by atoms with Crippen LogP contribution in [-0.4, -0.2) is 50.1 Å². The lowest BCUT2D eigenvalue weighted by Gasteiger charge is -2.22. The minimum absolute atomic E-state index is 0.157. The van der Waals surface area contributed by atoms with E-state index in [-0.39, 0.29) is 11.8 Å². The first-order valence-electron chi connectivity index (χ1n) is 6.21. The highest BCUT2D eigenvalue weighted by molar-refractivity contribution is 5.79. The molecule has 0 aromatic carbocycles. The number of hydrogen-bond donors (Lipinski definition) is 2. The Labute approximate surface area is 98.8 Å². The Morgan fingerprint density at radius 2 is 2.19 bits per heavy atom. The van der Waals surface area contributed by atoms with E-state index in [1.54, 1.807) is 0 Å². The van der Waals surface area contributed by atoms with E-state index >= 15 is 0 Å². The summed E-state index contributed by atoms with van der Waals surface area (Å²) in [5.74, 6) is 0.821. The lowest BCUT2D eigenvalue weighted by atomic mass is 9.97. The molecule has 4 nitrogen and oxygen atoms in total. The molecule has 94 valence electrons. The highest BCUT2D eigenvalue weighted by atomic mass is 16.1. The van der Waals surface area contributed by atoms with Gasteiger partial charge in [0.25, 0.3) is 0 Å². The summed E-state index contributed by atoms with van der Waals surface area (Å²) in [6, 6.07) is 0.531. The lowest BCUT2D eigenvalue weighted by Crippen LogP contribution is -2.40. The van der Waals surface area contributed by atoms with Crippen LogP contribution < -0.4 is 10.6 Å². The Morgan fingerprint density at radius 1 is 1.50 bits per heavy atom. The zero-order valence-electron chi connectivity index (χ0n) is 10.9. The molecule has 1 saturated heterocycles. The molecule has 2 atom stereocenters. The molecule has 1 aliphatic rings. The fraction of sp³-hybridized carbons (Fsp3) is 0.917. The van der Waals surface area contributed by atoms with Crippen molar-refractivity contribution >= 4 is 5.91 Å². The van der Waals surface area contributed by atoms with E-state index < -0.39 is 0 Å². The minimum atomic E-state index is 0.157. The third-order valence-corrected chi connectivity index (χ3v) is 3.50. The van der Waals surface area contributed by atoms with Gasteiger partial charge in [-0.2, -0.15) is 0 Å². The van der Waals surface area contributed by atoms with E-state index in [1.165, 1.54) is 0 Å². The average molecular weight is 227 g/mol. The summed E-state index contributed by atoms with van der Waals surface area (Å²) in [5.41, 5.74) is 0. The molecular weight excluding hydrogens is 202 g/mol. The van der Waals surface area contributed by atoms with E-state index in [9.17, 15) is 4.79 Å². The van der Waals surface area contributed by atoms with E-state index in [2.05, 4.69) is 43.4 Å². The topological polar surface area (TPSA) is 44.4 Å². The molecule has 1 fully saturated rings. The van der Waals surface area contributed by atoms with Crippen LogP contribution in [-0.2, 0) is 4.79 Å². The molecule has 0 aromatic rings. The van der Waals surface area contributed by atoms with Crippen molar-refractivity contribution < 1.29 is 4.79 Å². The zero-order valence-corrected chi connectivity index (χ0v) is 10.9. The van der Waals surface area contributed by atoms with Gasteiger partial charge in [0, 0.05) is 25.7 Å². The molecule has 0 saturated carbocycles. The molecule has 2 unspecified atom stereocenters. The predicted octanol–water partition coefficient (Wildman–Crippen LogP) is 0.298. The van der Waals surface area contributed by atoms with Crippen LogP contribution in [0.2, 0.25) is 0 Å². The van der Waals surface area contributed by atoms with Crippen LogP contribution in [0.15, 0.2) is 0 Å². The summed E-state index contributed by atoms with van der Waals surface area (Å²) in [5, 5.41) is 6.27. The number of nitrogens with zero attached hydrogens (tertiary/aromatic N) is 1. The van der Waals surface area contributed by atoms with Crippen molar-refractivity contribution in [3.63, 3.8) is 0 Å². The SMILES string of the molecule is CC1CNCC1C(=O)NCCN(C)C(C)C. The van der Waals surface area contributed by atoms with Crippen LogP contribution in [0.5, 0.6) is 0 Å². The van der Waals surface area contributed by atoms with Crippen molar-refractivity contribution in [2.24, 2.45) is 11.8 Å². The maximum absolute atomic E-state index is 11.8. The largest absolute Gasteiger partial charge is 0.355 e. The number of amides is 1.